The molecule has 0 fully saturated rings. The molecule has 0 saturated heterocycles. The van der Waals surface area contributed by atoms with Gasteiger partial charge in [-0.2, -0.15) is 0 Å². The van der Waals surface area contributed by atoms with Crippen LogP contribution in [-0.4, -0.2) is 6.67 Å². The van der Waals surface area contributed by atoms with E-state index in [4.69, 9.17) is 0 Å². The summed E-state index contributed by atoms with van der Waals surface area (Å²) < 4.78 is 0. The Morgan fingerprint density at radius 1 is 0.576 bits per heavy atom. The molecule has 5 rings (SSSR count). The number of hydrogen-bond acceptors (Lipinski definition) is 2. The standard InChI is InChI=1S/C31H44N2/c1-26(2)20-14-13-19(15-21(20)27(3,4)30(26,9)10)33-18-32-24-16-22-23(17-25(24)33)29(7,8)31(11,12)28(22,5)6/h13-17,32H,18H2,1-12H3. The molecule has 2 nitrogen and oxygen atoms in total. The van der Waals surface area contributed by atoms with Gasteiger partial charge >= 0.3 is 0 Å². The monoisotopic (exact) mass is 444 g/mol. The molecule has 0 atom stereocenters. The van der Waals surface area contributed by atoms with Gasteiger partial charge in [0.2, 0.25) is 0 Å². The summed E-state index contributed by atoms with van der Waals surface area (Å²) in [5.41, 5.74) is 10.8. The Kier molecular flexibility index (Phi) is 4.14. The number of nitrogens with one attached hydrogen (secondary N) is 1. The van der Waals surface area contributed by atoms with Gasteiger partial charge in [0.25, 0.3) is 0 Å². The largest absolute Gasteiger partial charge is 0.366 e. The van der Waals surface area contributed by atoms with E-state index >= 15 is 0 Å². The van der Waals surface area contributed by atoms with Crippen LogP contribution in [0.3, 0.4) is 0 Å². The maximum Gasteiger partial charge on any atom is 0.0926 e. The van der Waals surface area contributed by atoms with Crippen molar-refractivity contribution in [1.29, 1.82) is 0 Å². The average molecular weight is 445 g/mol. The Bertz CT molecular complexity index is 1170. The van der Waals surface area contributed by atoms with Crippen LogP contribution < -0.4 is 10.2 Å². The SMILES string of the molecule is CC1(C)c2ccc(N3CNc4cc5c(cc43)C(C)(C)C(C)(C)C5(C)C)cc2C(C)(C)C1(C)C. The van der Waals surface area contributed by atoms with Crippen molar-refractivity contribution in [2.75, 3.05) is 16.9 Å². The van der Waals surface area contributed by atoms with E-state index < -0.39 is 0 Å². The van der Waals surface area contributed by atoms with Crippen LogP contribution in [0.2, 0.25) is 0 Å². The highest BCUT2D eigenvalue weighted by Crippen LogP contribution is 2.64. The van der Waals surface area contributed by atoms with Gasteiger partial charge in [0.05, 0.1) is 18.0 Å². The van der Waals surface area contributed by atoms with Gasteiger partial charge < -0.3 is 10.2 Å². The molecule has 178 valence electrons. The van der Waals surface area contributed by atoms with Gasteiger partial charge in [-0.25, -0.2) is 0 Å². The summed E-state index contributed by atoms with van der Waals surface area (Å²) in [7, 11) is 0. The molecule has 33 heavy (non-hydrogen) atoms. The molecule has 1 heterocycles. The second kappa shape index (κ2) is 5.99. The Morgan fingerprint density at radius 2 is 1.03 bits per heavy atom. The van der Waals surface area contributed by atoms with Crippen LogP contribution in [-0.2, 0) is 21.7 Å². The van der Waals surface area contributed by atoms with Crippen LogP contribution in [0.15, 0.2) is 30.3 Å². The molecular formula is C31H44N2. The minimum Gasteiger partial charge on any atom is -0.366 e. The van der Waals surface area contributed by atoms with Crippen LogP contribution >= 0.6 is 0 Å². The van der Waals surface area contributed by atoms with Crippen molar-refractivity contribution in [3.8, 4) is 0 Å². The minimum atomic E-state index is 0.114. The van der Waals surface area contributed by atoms with E-state index in [1.54, 1.807) is 0 Å². The zero-order valence-electron chi connectivity index (χ0n) is 23.0. The number of anilines is 3. The fourth-order valence-electron chi connectivity index (χ4n) is 7.14. The summed E-state index contributed by atoms with van der Waals surface area (Å²) in [5, 5.41) is 3.72. The topological polar surface area (TPSA) is 15.3 Å². The number of rotatable bonds is 1. The van der Waals surface area contributed by atoms with Gasteiger partial charge in [0, 0.05) is 5.69 Å². The summed E-state index contributed by atoms with van der Waals surface area (Å²) in [6.07, 6.45) is 0. The molecule has 0 radical (unpaired) electrons. The van der Waals surface area contributed by atoms with E-state index in [9.17, 15) is 0 Å². The molecule has 0 unspecified atom stereocenters. The Morgan fingerprint density at radius 3 is 1.58 bits per heavy atom. The molecule has 1 aliphatic heterocycles. The zero-order chi connectivity index (χ0) is 24.6. The molecule has 0 amide bonds. The molecule has 0 spiro atoms. The summed E-state index contributed by atoms with van der Waals surface area (Å²) >= 11 is 0. The van der Waals surface area contributed by atoms with E-state index in [-0.39, 0.29) is 32.5 Å². The highest BCUT2D eigenvalue weighted by molar-refractivity contribution is 5.84. The Balaban J connectivity index is 1.64. The van der Waals surface area contributed by atoms with Gasteiger partial charge in [-0.1, -0.05) is 89.2 Å². The number of hydrogen-bond donors (Lipinski definition) is 1. The van der Waals surface area contributed by atoms with Crippen LogP contribution in [0.4, 0.5) is 17.1 Å². The predicted octanol–water partition coefficient (Wildman–Crippen LogP) is 8.40. The number of fused-ring (bicyclic) bond motifs is 3. The Hall–Kier alpha value is -1.96. The first kappa shape index (κ1) is 22.8. The quantitative estimate of drug-likeness (QED) is 0.475. The van der Waals surface area contributed by atoms with Gasteiger partial charge in [-0.05, 0) is 79.0 Å². The van der Waals surface area contributed by atoms with Crippen molar-refractivity contribution in [3.63, 3.8) is 0 Å². The lowest BCUT2D eigenvalue weighted by atomic mass is 9.59. The molecule has 0 saturated carbocycles. The fraction of sp³-hybridized carbons (Fsp3) is 0.613. The number of benzene rings is 2. The van der Waals surface area contributed by atoms with Crippen molar-refractivity contribution in [1.82, 2.24) is 0 Å². The summed E-state index contributed by atoms with van der Waals surface area (Å²) in [6.45, 7) is 30.0. The molecule has 2 aromatic rings. The van der Waals surface area contributed by atoms with Crippen molar-refractivity contribution in [3.05, 3.63) is 52.6 Å². The third kappa shape index (κ3) is 2.36. The molecule has 2 aliphatic carbocycles. The maximum absolute atomic E-state index is 3.72. The van der Waals surface area contributed by atoms with E-state index in [0.29, 0.717) is 0 Å². The number of nitrogens with zero attached hydrogens (tertiary/aromatic N) is 1. The summed E-state index contributed by atoms with van der Waals surface area (Å²) in [5.74, 6) is 0. The molecule has 1 N–H and O–H groups in total. The molecule has 2 aromatic carbocycles. The zero-order valence-corrected chi connectivity index (χ0v) is 23.0. The third-order valence-electron chi connectivity index (χ3n) is 12.1. The smallest absolute Gasteiger partial charge is 0.0926 e. The van der Waals surface area contributed by atoms with E-state index in [2.05, 4.69) is 124 Å². The molecule has 0 bridgehead atoms. The van der Waals surface area contributed by atoms with E-state index in [0.717, 1.165) is 6.67 Å². The first-order chi connectivity index (χ1) is 14.9. The maximum atomic E-state index is 3.72. The van der Waals surface area contributed by atoms with Crippen molar-refractivity contribution >= 4 is 17.1 Å². The summed E-state index contributed by atoms with van der Waals surface area (Å²) in [4.78, 5) is 2.48. The van der Waals surface area contributed by atoms with Gasteiger partial charge in [0.1, 0.15) is 0 Å². The Labute approximate surface area is 202 Å². The van der Waals surface area contributed by atoms with Crippen LogP contribution in [0.5, 0.6) is 0 Å². The van der Waals surface area contributed by atoms with Gasteiger partial charge in [0.15, 0.2) is 0 Å². The van der Waals surface area contributed by atoms with Crippen LogP contribution in [0.1, 0.15) is 105 Å². The first-order valence-corrected chi connectivity index (χ1v) is 12.8. The highest BCUT2D eigenvalue weighted by atomic mass is 15.3. The van der Waals surface area contributed by atoms with Gasteiger partial charge in [-0.3, -0.25) is 0 Å². The third-order valence-corrected chi connectivity index (χ3v) is 12.1. The average Bonchev–Trinajstić information content (AvgIpc) is 3.21. The highest BCUT2D eigenvalue weighted by Gasteiger charge is 2.58. The molecular weight excluding hydrogens is 400 g/mol. The lowest BCUT2D eigenvalue weighted by Crippen LogP contribution is -2.42. The molecule has 3 aliphatic rings. The van der Waals surface area contributed by atoms with Gasteiger partial charge in [-0.15, -0.1) is 0 Å². The second-order valence-electron chi connectivity index (χ2n) is 14.2. The molecule has 2 heteroatoms. The lowest BCUT2D eigenvalue weighted by molar-refractivity contribution is 0.125. The van der Waals surface area contributed by atoms with Crippen molar-refractivity contribution in [2.45, 2.75) is 105 Å². The van der Waals surface area contributed by atoms with E-state index in [1.807, 2.05) is 0 Å². The first-order valence-electron chi connectivity index (χ1n) is 12.8. The lowest BCUT2D eigenvalue weighted by Gasteiger charge is -2.44. The predicted molar refractivity (Wildman–Crippen MR) is 143 cm³/mol. The normalized spacial score (nSPS) is 25.9. The van der Waals surface area contributed by atoms with Crippen molar-refractivity contribution < 1.29 is 0 Å². The second-order valence-corrected chi connectivity index (χ2v) is 14.2. The summed E-state index contributed by atoms with van der Waals surface area (Å²) in [6, 6.07) is 12.2. The van der Waals surface area contributed by atoms with E-state index in [1.165, 1.54) is 39.3 Å². The molecule has 0 aromatic heterocycles. The van der Waals surface area contributed by atoms with Crippen molar-refractivity contribution in [2.24, 2.45) is 10.8 Å². The van der Waals surface area contributed by atoms with Crippen LogP contribution in [0, 0.1) is 10.8 Å². The fourth-order valence-corrected chi connectivity index (χ4v) is 7.14. The minimum absolute atomic E-state index is 0.114. The van der Waals surface area contributed by atoms with Crippen LogP contribution in [0.25, 0.3) is 0 Å².